The van der Waals surface area contributed by atoms with Crippen LogP contribution in [0.4, 0.5) is 0 Å². The number of nitrogens with zero attached hydrogens (tertiary/aromatic N) is 1. The van der Waals surface area contributed by atoms with Crippen LogP contribution in [0.3, 0.4) is 0 Å². The minimum absolute atomic E-state index is 0.186. The van der Waals surface area contributed by atoms with Gasteiger partial charge in [0, 0.05) is 18.0 Å². The smallest absolute Gasteiger partial charge is 0.0595 e. The van der Waals surface area contributed by atoms with Gasteiger partial charge >= 0.3 is 0 Å². The van der Waals surface area contributed by atoms with Crippen molar-refractivity contribution in [1.29, 1.82) is 0 Å². The number of rotatable bonds is 1. The summed E-state index contributed by atoms with van der Waals surface area (Å²) in [7, 11) is 0. The number of benzene rings is 1. The molecule has 0 spiro atoms. The standard InChI is InChI=1S/C15H16ClN/c1-15(2,3)13-6-4-11(5-7-13)12-8-14(16)10-17-9-12/h4-10H,1-3H3. The van der Waals surface area contributed by atoms with E-state index in [1.165, 1.54) is 5.56 Å². The third kappa shape index (κ3) is 2.86. The molecule has 0 saturated carbocycles. The van der Waals surface area contributed by atoms with Gasteiger partial charge in [-0.2, -0.15) is 0 Å². The molecule has 88 valence electrons. The van der Waals surface area contributed by atoms with E-state index in [0.717, 1.165) is 11.1 Å². The lowest BCUT2D eigenvalue weighted by atomic mass is 9.86. The predicted molar refractivity (Wildman–Crippen MR) is 73.4 cm³/mol. The Morgan fingerprint density at radius 2 is 1.59 bits per heavy atom. The third-order valence-corrected chi connectivity index (χ3v) is 3.00. The average Bonchev–Trinajstić information content (AvgIpc) is 2.28. The highest BCUT2D eigenvalue weighted by atomic mass is 35.5. The molecule has 1 aromatic carbocycles. The highest BCUT2D eigenvalue weighted by Gasteiger charge is 2.12. The van der Waals surface area contributed by atoms with E-state index < -0.39 is 0 Å². The van der Waals surface area contributed by atoms with Crippen molar-refractivity contribution in [2.24, 2.45) is 0 Å². The van der Waals surface area contributed by atoms with Gasteiger partial charge in [-0.05, 0) is 22.6 Å². The summed E-state index contributed by atoms with van der Waals surface area (Å²) in [5, 5.41) is 0.669. The normalized spacial score (nSPS) is 11.5. The van der Waals surface area contributed by atoms with Crippen molar-refractivity contribution in [1.82, 2.24) is 4.98 Å². The summed E-state index contributed by atoms with van der Waals surface area (Å²) in [6.45, 7) is 6.63. The van der Waals surface area contributed by atoms with Gasteiger partial charge in [-0.25, -0.2) is 0 Å². The molecule has 1 aromatic heterocycles. The molecule has 0 unspecified atom stereocenters. The summed E-state index contributed by atoms with van der Waals surface area (Å²) in [5.41, 5.74) is 3.72. The second-order valence-corrected chi connectivity index (χ2v) is 5.66. The van der Waals surface area contributed by atoms with Crippen molar-refractivity contribution < 1.29 is 0 Å². The minimum atomic E-state index is 0.186. The Kier molecular flexibility index (Phi) is 3.21. The topological polar surface area (TPSA) is 12.9 Å². The van der Waals surface area contributed by atoms with Gasteiger partial charge in [-0.3, -0.25) is 4.98 Å². The SMILES string of the molecule is CC(C)(C)c1ccc(-c2cncc(Cl)c2)cc1. The van der Waals surface area contributed by atoms with Crippen molar-refractivity contribution in [2.45, 2.75) is 26.2 Å². The van der Waals surface area contributed by atoms with Crippen LogP contribution in [0, 0.1) is 0 Å². The first-order chi connectivity index (χ1) is 7.97. The largest absolute Gasteiger partial charge is 0.263 e. The first-order valence-electron chi connectivity index (χ1n) is 5.68. The molecule has 2 aromatic rings. The maximum Gasteiger partial charge on any atom is 0.0595 e. The summed E-state index contributed by atoms with van der Waals surface area (Å²) in [4.78, 5) is 4.10. The fourth-order valence-corrected chi connectivity index (χ4v) is 1.91. The molecular formula is C15H16ClN. The molecule has 0 bridgehead atoms. The lowest BCUT2D eigenvalue weighted by Crippen LogP contribution is -2.10. The molecule has 0 atom stereocenters. The van der Waals surface area contributed by atoms with Crippen LogP contribution in [-0.2, 0) is 5.41 Å². The Balaban J connectivity index is 2.36. The molecular weight excluding hydrogens is 230 g/mol. The van der Waals surface area contributed by atoms with Crippen LogP contribution in [0.1, 0.15) is 26.3 Å². The maximum absolute atomic E-state index is 5.94. The van der Waals surface area contributed by atoms with Crippen LogP contribution in [-0.4, -0.2) is 4.98 Å². The van der Waals surface area contributed by atoms with E-state index in [9.17, 15) is 0 Å². The monoisotopic (exact) mass is 245 g/mol. The van der Waals surface area contributed by atoms with Crippen LogP contribution >= 0.6 is 11.6 Å². The number of hydrogen-bond acceptors (Lipinski definition) is 1. The van der Waals surface area contributed by atoms with E-state index in [-0.39, 0.29) is 5.41 Å². The van der Waals surface area contributed by atoms with E-state index in [1.54, 1.807) is 6.20 Å². The van der Waals surface area contributed by atoms with Gasteiger partial charge in [0.15, 0.2) is 0 Å². The molecule has 2 rings (SSSR count). The Labute approximate surface area is 107 Å². The van der Waals surface area contributed by atoms with Crippen LogP contribution in [0.2, 0.25) is 5.02 Å². The highest BCUT2D eigenvalue weighted by Crippen LogP contribution is 2.26. The number of pyridine rings is 1. The quantitative estimate of drug-likeness (QED) is 0.710. The van der Waals surface area contributed by atoms with Gasteiger partial charge in [-0.1, -0.05) is 56.6 Å². The number of halogens is 1. The van der Waals surface area contributed by atoms with Crippen molar-refractivity contribution in [3.63, 3.8) is 0 Å². The molecule has 0 fully saturated rings. The van der Waals surface area contributed by atoms with E-state index in [2.05, 4.69) is 50.0 Å². The zero-order chi connectivity index (χ0) is 12.5. The van der Waals surface area contributed by atoms with Gasteiger partial charge in [0.2, 0.25) is 0 Å². The third-order valence-electron chi connectivity index (χ3n) is 2.79. The van der Waals surface area contributed by atoms with Gasteiger partial charge in [-0.15, -0.1) is 0 Å². The molecule has 0 aliphatic rings. The van der Waals surface area contributed by atoms with E-state index in [4.69, 9.17) is 11.6 Å². The van der Waals surface area contributed by atoms with Gasteiger partial charge in [0.05, 0.1) is 5.02 Å². The van der Waals surface area contributed by atoms with Gasteiger partial charge in [0.25, 0.3) is 0 Å². The second-order valence-electron chi connectivity index (χ2n) is 5.22. The Morgan fingerprint density at radius 3 is 2.12 bits per heavy atom. The summed E-state index contributed by atoms with van der Waals surface area (Å²) in [6, 6.07) is 10.5. The predicted octanol–water partition coefficient (Wildman–Crippen LogP) is 4.70. The maximum atomic E-state index is 5.94. The van der Waals surface area contributed by atoms with Crippen molar-refractivity contribution in [2.75, 3.05) is 0 Å². The fourth-order valence-electron chi connectivity index (χ4n) is 1.73. The molecule has 0 saturated heterocycles. The lowest BCUT2D eigenvalue weighted by molar-refractivity contribution is 0.590. The minimum Gasteiger partial charge on any atom is -0.263 e. The summed E-state index contributed by atoms with van der Waals surface area (Å²) >= 11 is 5.94. The van der Waals surface area contributed by atoms with Gasteiger partial charge in [0.1, 0.15) is 0 Å². The molecule has 0 aliphatic carbocycles. The summed E-state index contributed by atoms with van der Waals surface area (Å²) < 4.78 is 0. The fraction of sp³-hybridized carbons (Fsp3) is 0.267. The molecule has 0 radical (unpaired) electrons. The zero-order valence-electron chi connectivity index (χ0n) is 10.4. The van der Waals surface area contributed by atoms with Crippen molar-refractivity contribution >= 4 is 11.6 Å². The first kappa shape index (κ1) is 12.1. The molecule has 2 heteroatoms. The summed E-state index contributed by atoms with van der Waals surface area (Å²) in [6.07, 6.45) is 3.48. The van der Waals surface area contributed by atoms with Gasteiger partial charge < -0.3 is 0 Å². The van der Waals surface area contributed by atoms with E-state index >= 15 is 0 Å². The van der Waals surface area contributed by atoms with Crippen LogP contribution in [0.15, 0.2) is 42.7 Å². The highest BCUT2D eigenvalue weighted by molar-refractivity contribution is 6.30. The van der Waals surface area contributed by atoms with Crippen molar-refractivity contribution in [3.8, 4) is 11.1 Å². The first-order valence-corrected chi connectivity index (χ1v) is 6.06. The Bertz CT molecular complexity index is 509. The number of hydrogen-bond donors (Lipinski definition) is 0. The van der Waals surface area contributed by atoms with E-state index in [0.29, 0.717) is 5.02 Å². The molecule has 0 aliphatic heterocycles. The molecule has 1 heterocycles. The van der Waals surface area contributed by atoms with Crippen molar-refractivity contribution in [3.05, 3.63) is 53.3 Å². The van der Waals surface area contributed by atoms with E-state index in [1.807, 2.05) is 12.3 Å². The molecule has 1 nitrogen and oxygen atoms in total. The molecule has 0 N–H and O–H groups in total. The average molecular weight is 246 g/mol. The number of aromatic nitrogens is 1. The van der Waals surface area contributed by atoms with Crippen LogP contribution < -0.4 is 0 Å². The second kappa shape index (κ2) is 4.50. The molecule has 0 amide bonds. The van der Waals surface area contributed by atoms with Crippen LogP contribution in [0.25, 0.3) is 11.1 Å². The Hall–Kier alpha value is -1.34. The zero-order valence-corrected chi connectivity index (χ0v) is 11.1. The Morgan fingerprint density at radius 1 is 0.941 bits per heavy atom. The molecule has 17 heavy (non-hydrogen) atoms. The lowest BCUT2D eigenvalue weighted by Gasteiger charge is -2.19. The summed E-state index contributed by atoms with van der Waals surface area (Å²) in [5.74, 6) is 0. The van der Waals surface area contributed by atoms with Crippen LogP contribution in [0.5, 0.6) is 0 Å².